The zero-order valence-electron chi connectivity index (χ0n) is 14.9. The van der Waals surface area contributed by atoms with Crippen LogP contribution in [0.25, 0.3) is 0 Å². The SMILES string of the molecule is CC1CN(C(=O)CCCOc2ccc3c(c2)CCC(=O)N3)C(C)CO1. The van der Waals surface area contributed by atoms with Crippen LogP contribution in [0.4, 0.5) is 5.69 Å². The lowest BCUT2D eigenvalue weighted by Gasteiger charge is -2.36. The van der Waals surface area contributed by atoms with E-state index < -0.39 is 0 Å². The fraction of sp³-hybridized carbons (Fsp3) is 0.579. The lowest BCUT2D eigenvalue weighted by molar-refractivity contribution is -0.143. The summed E-state index contributed by atoms with van der Waals surface area (Å²) in [7, 11) is 0. The Morgan fingerprint density at radius 1 is 1.36 bits per heavy atom. The van der Waals surface area contributed by atoms with Crippen molar-refractivity contribution in [2.75, 3.05) is 25.1 Å². The Hall–Kier alpha value is -2.08. The summed E-state index contributed by atoms with van der Waals surface area (Å²) in [5, 5.41) is 2.86. The van der Waals surface area contributed by atoms with Gasteiger partial charge in [0, 0.05) is 25.1 Å². The fourth-order valence-electron chi connectivity index (χ4n) is 3.26. The van der Waals surface area contributed by atoms with E-state index in [0.717, 1.165) is 23.4 Å². The molecule has 1 fully saturated rings. The predicted octanol–water partition coefficient (Wildman–Crippen LogP) is 2.37. The number of morpholine rings is 1. The van der Waals surface area contributed by atoms with Crippen molar-refractivity contribution in [1.29, 1.82) is 0 Å². The Kier molecular flexibility index (Phi) is 5.58. The van der Waals surface area contributed by atoms with Crippen LogP contribution in [0.15, 0.2) is 18.2 Å². The first-order valence-electron chi connectivity index (χ1n) is 8.99. The van der Waals surface area contributed by atoms with Crippen molar-refractivity contribution < 1.29 is 19.1 Å². The second kappa shape index (κ2) is 7.87. The summed E-state index contributed by atoms with van der Waals surface area (Å²) in [6, 6.07) is 5.85. The molecule has 25 heavy (non-hydrogen) atoms. The highest BCUT2D eigenvalue weighted by Gasteiger charge is 2.26. The van der Waals surface area contributed by atoms with Gasteiger partial charge in [0.05, 0.1) is 25.4 Å². The molecule has 0 saturated carbocycles. The summed E-state index contributed by atoms with van der Waals surface area (Å²) in [4.78, 5) is 25.6. The highest BCUT2D eigenvalue weighted by molar-refractivity contribution is 5.94. The monoisotopic (exact) mass is 346 g/mol. The minimum absolute atomic E-state index is 0.0614. The number of nitrogens with zero attached hydrogens (tertiary/aromatic N) is 1. The lowest BCUT2D eigenvalue weighted by atomic mass is 10.0. The second-order valence-corrected chi connectivity index (χ2v) is 6.86. The van der Waals surface area contributed by atoms with Gasteiger partial charge in [0.1, 0.15) is 5.75 Å². The molecule has 1 N–H and O–H groups in total. The number of aryl methyl sites for hydroxylation is 1. The summed E-state index contributed by atoms with van der Waals surface area (Å²) in [6.45, 7) is 5.79. The number of amides is 2. The molecule has 2 amide bonds. The highest BCUT2D eigenvalue weighted by Crippen LogP contribution is 2.26. The second-order valence-electron chi connectivity index (χ2n) is 6.86. The molecule has 2 aliphatic rings. The molecule has 1 aromatic rings. The molecular weight excluding hydrogens is 320 g/mol. The number of nitrogens with one attached hydrogen (secondary N) is 1. The Morgan fingerprint density at radius 2 is 2.20 bits per heavy atom. The number of hydrogen-bond donors (Lipinski definition) is 1. The van der Waals surface area contributed by atoms with Gasteiger partial charge in [-0.1, -0.05) is 0 Å². The van der Waals surface area contributed by atoms with Crippen molar-refractivity contribution in [3.8, 4) is 5.75 Å². The van der Waals surface area contributed by atoms with E-state index >= 15 is 0 Å². The van der Waals surface area contributed by atoms with Crippen LogP contribution >= 0.6 is 0 Å². The third-order valence-electron chi connectivity index (χ3n) is 4.70. The molecule has 3 rings (SSSR count). The van der Waals surface area contributed by atoms with Crippen LogP contribution in [0.2, 0.25) is 0 Å². The lowest BCUT2D eigenvalue weighted by Crippen LogP contribution is -2.50. The standard InChI is InChI=1S/C19H26N2O4/c1-13-12-25-14(2)11-21(13)19(23)4-3-9-24-16-6-7-17-15(10-16)5-8-18(22)20-17/h6-7,10,13-14H,3-5,8-9,11-12H2,1-2H3,(H,20,22). The van der Waals surface area contributed by atoms with E-state index in [1.54, 1.807) is 0 Å². The molecule has 0 bridgehead atoms. The van der Waals surface area contributed by atoms with Gasteiger partial charge in [-0.2, -0.15) is 0 Å². The zero-order valence-corrected chi connectivity index (χ0v) is 14.9. The molecule has 0 spiro atoms. The smallest absolute Gasteiger partial charge is 0.224 e. The topological polar surface area (TPSA) is 67.9 Å². The van der Waals surface area contributed by atoms with Gasteiger partial charge >= 0.3 is 0 Å². The molecule has 1 saturated heterocycles. The van der Waals surface area contributed by atoms with E-state index in [9.17, 15) is 9.59 Å². The number of anilines is 1. The normalized spacial score (nSPS) is 23.0. The van der Waals surface area contributed by atoms with Crippen molar-refractivity contribution in [3.63, 3.8) is 0 Å². The van der Waals surface area contributed by atoms with Crippen molar-refractivity contribution in [2.45, 2.75) is 51.7 Å². The number of benzene rings is 1. The van der Waals surface area contributed by atoms with Crippen LogP contribution in [0.1, 0.15) is 38.7 Å². The van der Waals surface area contributed by atoms with Crippen LogP contribution in [0.5, 0.6) is 5.75 Å². The third-order valence-corrected chi connectivity index (χ3v) is 4.70. The first-order valence-corrected chi connectivity index (χ1v) is 8.99. The van der Waals surface area contributed by atoms with Crippen LogP contribution in [0, 0.1) is 0 Å². The predicted molar refractivity (Wildman–Crippen MR) is 94.7 cm³/mol. The molecule has 0 aliphatic carbocycles. The van der Waals surface area contributed by atoms with Crippen molar-refractivity contribution in [1.82, 2.24) is 4.90 Å². The first-order chi connectivity index (χ1) is 12.0. The first kappa shape index (κ1) is 17.7. The molecule has 1 aromatic carbocycles. The molecule has 136 valence electrons. The number of carbonyl (C=O) groups excluding carboxylic acids is 2. The number of fused-ring (bicyclic) bond motifs is 1. The van der Waals surface area contributed by atoms with Crippen LogP contribution < -0.4 is 10.1 Å². The average Bonchev–Trinajstić information content (AvgIpc) is 2.60. The van der Waals surface area contributed by atoms with Crippen molar-refractivity contribution in [3.05, 3.63) is 23.8 Å². The largest absolute Gasteiger partial charge is 0.494 e. The molecule has 2 atom stereocenters. The molecule has 2 aliphatic heterocycles. The Labute approximate surface area is 148 Å². The van der Waals surface area contributed by atoms with Crippen molar-refractivity contribution in [2.24, 2.45) is 0 Å². The fourth-order valence-corrected chi connectivity index (χ4v) is 3.26. The van der Waals surface area contributed by atoms with E-state index in [1.807, 2.05) is 36.9 Å². The number of rotatable bonds is 5. The maximum Gasteiger partial charge on any atom is 0.224 e. The molecule has 6 nitrogen and oxygen atoms in total. The van der Waals surface area contributed by atoms with E-state index in [-0.39, 0.29) is 24.0 Å². The van der Waals surface area contributed by atoms with E-state index in [0.29, 0.717) is 39.0 Å². The van der Waals surface area contributed by atoms with Crippen LogP contribution in [0.3, 0.4) is 0 Å². The molecule has 6 heteroatoms. The van der Waals surface area contributed by atoms with Gasteiger partial charge in [-0.05, 0) is 50.5 Å². The zero-order chi connectivity index (χ0) is 17.8. The van der Waals surface area contributed by atoms with Gasteiger partial charge in [-0.15, -0.1) is 0 Å². The molecule has 2 heterocycles. The molecule has 2 unspecified atom stereocenters. The third kappa shape index (κ3) is 4.51. The van der Waals surface area contributed by atoms with E-state index in [4.69, 9.17) is 9.47 Å². The van der Waals surface area contributed by atoms with Gasteiger partial charge in [0.2, 0.25) is 11.8 Å². The Balaban J connectivity index is 1.44. The van der Waals surface area contributed by atoms with E-state index in [1.165, 1.54) is 0 Å². The highest BCUT2D eigenvalue weighted by atomic mass is 16.5. The van der Waals surface area contributed by atoms with Gasteiger partial charge in [0.15, 0.2) is 0 Å². The molecular formula is C19H26N2O4. The molecule has 0 aromatic heterocycles. The molecule has 0 radical (unpaired) electrons. The quantitative estimate of drug-likeness (QED) is 0.831. The summed E-state index contributed by atoms with van der Waals surface area (Å²) in [5.74, 6) is 1.02. The average molecular weight is 346 g/mol. The van der Waals surface area contributed by atoms with E-state index in [2.05, 4.69) is 5.32 Å². The van der Waals surface area contributed by atoms with Gasteiger partial charge in [0.25, 0.3) is 0 Å². The van der Waals surface area contributed by atoms with Crippen LogP contribution in [-0.4, -0.2) is 48.6 Å². The maximum atomic E-state index is 12.4. The summed E-state index contributed by atoms with van der Waals surface area (Å²) >= 11 is 0. The summed E-state index contributed by atoms with van der Waals surface area (Å²) in [5.41, 5.74) is 1.97. The van der Waals surface area contributed by atoms with Gasteiger partial charge < -0.3 is 19.7 Å². The van der Waals surface area contributed by atoms with Gasteiger partial charge in [-0.3, -0.25) is 9.59 Å². The Bertz CT molecular complexity index is 646. The summed E-state index contributed by atoms with van der Waals surface area (Å²) < 4.78 is 11.3. The number of carbonyl (C=O) groups is 2. The maximum absolute atomic E-state index is 12.4. The van der Waals surface area contributed by atoms with Crippen LogP contribution in [-0.2, 0) is 20.7 Å². The number of hydrogen-bond acceptors (Lipinski definition) is 4. The number of ether oxygens (including phenoxy) is 2. The minimum atomic E-state index is 0.0614. The Morgan fingerprint density at radius 3 is 3.04 bits per heavy atom. The minimum Gasteiger partial charge on any atom is -0.494 e. The van der Waals surface area contributed by atoms with Gasteiger partial charge in [-0.25, -0.2) is 0 Å². The van der Waals surface area contributed by atoms with Crippen molar-refractivity contribution >= 4 is 17.5 Å². The summed E-state index contributed by atoms with van der Waals surface area (Å²) in [6.07, 6.45) is 2.53.